The standard InChI is InChI=1S/C14H12INOS/c1-18-13-7-5-10(6-8-13)14(17)16-12-4-2-3-11(15)9-12/h2-9H,1H3,(H,16,17). The highest BCUT2D eigenvalue weighted by Gasteiger charge is 2.05. The molecule has 4 heteroatoms. The molecule has 92 valence electrons. The summed E-state index contributed by atoms with van der Waals surface area (Å²) in [6.07, 6.45) is 2.01. The maximum Gasteiger partial charge on any atom is 0.255 e. The molecule has 2 rings (SSSR count). The van der Waals surface area contributed by atoms with Gasteiger partial charge in [0.15, 0.2) is 0 Å². The highest BCUT2D eigenvalue weighted by molar-refractivity contribution is 14.1. The van der Waals surface area contributed by atoms with E-state index in [4.69, 9.17) is 0 Å². The fraction of sp³-hybridized carbons (Fsp3) is 0.0714. The fourth-order valence-electron chi connectivity index (χ4n) is 1.51. The minimum atomic E-state index is -0.0790. The lowest BCUT2D eigenvalue weighted by atomic mass is 10.2. The Hall–Kier alpha value is -1.01. The van der Waals surface area contributed by atoms with Crippen LogP contribution in [0.5, 0.6) is 0 Å². The molecule has 0 aromatic heterocycles. The van der Waals surface area contributed by atoms with E-state index in [1.807, 2.05) is 54.8 Å². The van der Waals surface area contributed by atoms with Gasteiger partial charge in [-0.1, -0.05) is 6.07 Å². The van der Waals surface area contributed by atoms with Gasteiger partial charge in [0, 0.05) is 19.7 Å². The summed E-state index contributed by atoms with van der Waals surface area (Å²) < 4.78 is 1.10. The van der Waals surface area contributed by atoms with E-state index in [1.54, 1.807) is 11.8 Å². The average Bonchev–Trinajstić information content (AvgIpc) is 2.39. The van der Waals surface area contributed by atoms with Gasteiger partial charge in [0.25, 0.3) is 5.91 Å². The van der Waals surface area contributed by atoms with Gasteiger partial charge in [0.05, 0.1) is 0 Å². The number of carbonyl (C=O) groups excluding carboxylic acids is 1. The number of anilines is 1. The third kappa shape index (κ3) is 3.49. The van der Waals surface area contributed by atoms with Gasteiger partial charge in [0.2, 0.25) is 0 Å². The van der Waals surface area contributed by atoms with Gasteiger partial charge in [-0.15, -0.1) is 11.8 Å². The first kappa shape index (κ1) is 13.4. The Morgan fingerprint density at radius 1 is 1.17 bits per heavy atom. The molecular formula is C14H12INOS. The number of halogens is 1. The Bertz CT molecular complexity index is 554. The number of rotatable bonds is 3. The van der Waals surface area contributed by atoms with Crippen molar-refractivity contribution in [3.05, 3.63) is 57.7 Å². The second-order valence-electron chi connectivity index (χ2n) is 3.69. The molecular weight excluding hydrogens is 357 g/mol. The van der Waals surface area contributed by atoms with Crippen LogP contribution in [0.25, 0.3) is 0 Å². The van der Waals surface area contributed by atoms with Crippen LogP contribution in [-0.4, -0.2) is 12.2 Å². The molecule has 0 heterocycles. The van der Waals surface area contributed by atoms with E-state index in [-0.39, 0.29) is 5.91 Å². The van der Waals surface area contributed by atoms with Crippen molar-refractivity contribution in [3.63, 3.8) is 0 Å². The summed E-state index contributed by atoms with van der Waals surface area (Å²) in [7, 11) is 0. The van der Waals surface area contributed by atoms with Crippen molar-refractivity contribution < 1.29 is 4.79 Å². The highest BCUT2D eigenvalue weighted by Crippen LogP contribution is 2.17. The van der Waals surface area contributed by atoms with Crippen LogP contribution in [0, 0.1) is 3.57 Å². The van der Waals surface area contributed by atoms with E-state index in [0.717, 1.165) is 14.2 Å². The zero-order valence-corrected chi connectivity index (χ0v) is 12.8. The molecule has 1 N–H and O–H groups in total. The molecule has 0 saturated heterocycles. The number of nitrogens with one attached hydrogen (secondary N) is 1. The minimum Gasteiger partial charge on any atom is -0.322 e. The highest BCUT2D eigenvalue weighted by atomic mass is 127. The van der Waals surface area contributed by atoms with Crippen LogP contribution in [0.4, 0.5) is 5.69 Å². The molecule has 18 heavy (non-hydrogen) atoms. The van der Waals surface area contributed by atoms with Crippen molar-refractivity contribution in [1.82, 2.24) is 0 Å². The normalized spacial score (nSPS) is 10.1. The lowest BCUT2D eigenvalue weighted by molar-refractivity contribution is 0.102. The molecule has 0 fully saturated rings. The maximum absolute atomic E-state index is 12.0. The Morgan fingerprint density at radius 2 is 1.89 bits per heavy atom. The van der Waals surface area contributed by atoms with Gasteiger partial charge >= 0.3 is 0 Å². The SMILES string of the molecule is CSc1ccc(C(=O)Nc2cccc(I)c2)cc1. The van der Waals surface area contributed by atoms with Crippen molar-refractivity contribution in [3.8, 4) is 0 Å². The first-order chi connectivity index (χ1) is 8.69. The van der Waals surface area contributed by atoms with Gasteiger partial charge in [-0.25, -0.2) is 0 Å². The first-order valence-electron chi connectivity index (χ1n) is 5.40. The van der Waals surface area contributed by atoms with Gasteiger partial charge in [-0.05, 0) is 71.3 Å². The Balaban J connectivity index is 2.11. The first-order valence-corrected chi connectivity index (χ1v) is 7.70. The minimum absolute atomic E-state index is 0.0790. The summed E-state index contributed by atoms with van der Waals surface area (Å²) in [5.74, 6) is -0.0790. The molecule has 2 nitrogen and oxygen atoms in total. The van der Waals surface area contributed by atoms with E-state index in [2.05, 4.69) is 27.9 Å². The van der Waals surface area contributed by atoms with Crippen molar-refractivity contribution >= 4 is 45.9 Å². The number of hydrogen-bond acceptors (Lipinski definition) is 2. The van der Waals surface area contributed by atoms with E-state index < -0.39 is 0 Å². The smallest absolute Gasteiger partial charge is 0.255 e. The molecule has 0 spiro atoms. The van der Waals surface area contributed by atoms with Crippen LogP contribution >= 0.6 is 34.4 Å². The van der Waals surface area contributed by atoms with E-state index in [0.29, 0.717) is 5.56 Å². The van der Waals surface area contributed by atoms with E-state index in [9.17, 15) is 4.79 Å². The van der Waals surface area contributed by atoms with Crippen LogP contribution < -0.4 is 5.32 Å². The number of thioether (sulfide) groups is 1. The summed E-state index contributed by atoms with van der Waals surface area (Å²) in [4.78, 5) is 13.2. The number of amides is 1. The summed E-state index contributed by atoms with van der Waals surface area (Å²) in [6, 6.07) is 15.3. The quantitative estimate of drug-likeness (QED) is 0.647. The number of benzene rings is 2. The molecule has 0 saturated carbocycles. The number of carbonyl (C=O) groups is 1. The van der Waals surface area contributed by atoms with Crippen LogP contribution in [0.1, 0.15) is 10.4 Å². The lowest BCUT2D eigenvalue weighted by Gasteiger charge is -2.06. The van der Waals surface area contributed by atoms with Crippen LogP contribution in [0.3, 0.4) is 0 Å². The zero-order valence-electron chi connectivity index (χ0n) is 9.81. The topological polar surface area (TPSA) is 29.1 Å². The third-order valence-electron chi connectivity index (χ3n) is 2.43. The molecule has 1 amide bonds. The summed E-state index contributed by atoms with van der Waals surface area (Å²) in [5.41, 5.74) is 1.49. The molecule has 0 aliphatic carbocycles. The van der Waals surface area contributed by atoms with Gasteiger partial charge < -0.3 is 5.32 Å². The maximum atomic E-state index is 12.0. The summed E-state index contributed by atoms with van der Waals surface area (Å²) in [6.45, 7) is 0. The second-order valence-corrected chi connectivity index (χ2v) is 5.82. The Morgan fingerprint density at radius 3 is 2.50 bits per heavy atom. The summed E-state index contributed by atoms with van der Waals surface area (Å²) >= 11 is 3.88. The van der Waals surface area contributed by atoms with Crippen molar-refractivity contribution in [1.29, 1.82) is 0 Å². The van der Waals surface area contributed by atoms with E-state index >= 15 is 0 Å². The number of hydrogen-bond donors (Lipinski definition) is 1. The van der Waals surface area contributed by atoms with Crippen molar-refractivity contribution in [2.24, 2.45) is 0 Å². The molecule has 0 aliphatic heterocycles. The van der Waals surface area contributed by atoms with Gasteiger partial charge in [-0.2, -0.15) is 0 Å². The fourth-order valence-corrected chi connectivity index (χ4v) is 2.46. The summed E-state index contributed by atoms with van der Waals surface area (Å²) in [5, 5.41) is 2.89. The lowest BCUT2D eigenvalue weighted by Crippen LogP contribution is -2.11. The molecule has 0 atom stereocenters. The van der Waals surface area contributed by atoms with Crippen LogP contribution in [0.2, 0.25) is 0 Å². The predicted molar refractivity (Wildman–Crippen MR) is 85.3 cm³/mol. The molecule has 2 aromatic rings. The molecule has 0 bridgehead atoms. The van der Waals surface area contributed by atoms with Crippen LogP contribution in [0.15, 0.2) is 53.4 Å². The van der Waals surface area contributed by atoms with Crippen LogP contribution in [-0.2, 0) is 0 Å². The van der Waals surface area contributed by atoms with Crippen molar-refractivity contribution in [2.45, 2.75) is 4.90 Å². The van der Waals surface area contributed by atoms with E-state index in [1.165, 1.54) is 0 Å². The zero-order chi connectivity index (χ0) is 13.0. The van der Waals surface area contributed by atoms with Gasteiger partial charge in [-0.3, -0.25) is 4.79 Å². The molecule has 0 radical (unpaired) electrons. The largest absolute Gasteiger partial charge is 0.322 e. The third-order valence-corrected chi connectivity index (χ3v) is 3.85. The Kier molecular flexibility index (Phi) is 4.66. The van der Waals surface area contributed by atoms with Crippen molar-refractivity contribution in [2.75, 3.05) is 11.6 Å². The molecule has 0 unspecified atom stereocenters. The van der Waals surface area contributed by atoms with Gasteiger partial charge in [0.1, 0.15) is 0 Å². The Labute approximate surface area is 124 Å². The average molecular weight is 369 g/mol. The predicted octanol–water partition coefficient (Wildman–Crippen LogP) is 4.27. The molecule has 0 aliphatic rings. The second kappa shape index (κ2) is 6.24. The monoisotopic (exact) mass is 369 g/mol. The molecule has 2 aromatic carbocycles.